The van der Waals surface area contributed by atoms with Crippen molar-refractivity contribution in [3.63, 3.8) is 0 Å². The molecule has 0 aliphatic carbocycles. The van der Waals surface area contributed by atoms with Gasteiger partial charge in [0.05, 0.1) is 12.1 Å². The predicted octanol–water partition coefficient (Wildman–Crippen LogP) is -1.08. The zero-order valence-electron chi connectivity index (χ0n) is 10.1. The standard InChI is InChI=1S/C12H21N3O2/c16-9-5-10(13-6-9)12(17)14-11-7-15-3-1-8(11)2-4-15/h8-11,13,16H,1-7H2,(H,14,17). The van der Waals surface area contributed by atoms with Crippen LogP contribution in [0.2, 0.25) is 0 Å². The smallest absolute Gasteiger partial charge is 0.237 e. The van der Waals surface area contributed by atoms with Gasteiger partial charge in [0.2, 0.25) is 5.91 Å². The summed E-state index contributed by atoms with van der Waals surface area (Å²) in [5, 5.41) is 15.6. The van der Waals surface area contributed by atoms with Crippen molar-refractivity contribution < 1.29 is 9.90 Å². The first-order valence-corrected chi connectivity index (χ1v) is 6.66. The topological polar surface area (TPSA) is 64.6 Å². The Morgan fingerprint density at radius 2 is 2.12 bits per heavy atom. The number of hydrogen-bond acceptors (Lipinski definition) is 4. The number of amides is 1. The van der Waals surface area contributed by atoms with E-state index in [0.717, 1.165) is 6.54 Å². The number of piperidine rings is 3. The van der Waals surface area contributed by atoms with E-state index >= 15 is 0 Å². The molecule has 0 radical (unpaired) electrons. The van der Waals surface area contributed by atoms with Crippen LogP contribution in [0.3, 0.4) is 0 Å². The highest BCUT2D eigenvalue weighted by atomic mass is 16.3. The van der Waals surface area contributed by atoms with Gasteiger partial charge < -0.3 is 20.6 Å². The van der Waals surface area contributed by atoms with Gasteiger partial charge in [0.15, 0.2) is 0 Å². The number of rotatable bonds is 2. The van der Waals surface area contributed by atoms with Crippen molar-refractivity contribution in [1.29, 1.82) is 0 Å². The Hall–Kier alpha value is -0.650. The van der Waals surface area contributed by atoms with Crippen LogP contribution in [0.15, 0.2) is 0 Å². The lowest BCUT2D eigenvalue weighted by molar-refractivity contribution is -0.125. The zero-order valence-corrected chi connectivity index (χ0v) is 10.1. The summed E-state index contributed by atoms with van der Waals surface area (Å²) in [6, 6.07) is 0.130. The Balaban J connectivity index is 1.54. The number of aliphatic hydroxyl groups is 1. The third-order valence-electron chi connectivity index (χ3n) is 4.41. The van der Waals surface area contributed by atoms with Gasteiger partial charge in [-0.2, -0.15) is 0 Å². The van der Waals surface area contributed by atoms with Gasteiger partial charge >= 0.3 is 0 Å². The van der Waals surface area contributed by atoms with E-state index < -0.39 is 0 Å². The molecule has 4 aliphatic rings. The van der Waals surface area contributed by atoms with Gasteiger partial charge in [-0.15, -0.1) is 0 Å². The van der Waals surface area contributed by atoms with Gasteiger partial charge in [-0.25, -0.2) is 0 Å². The summed E-state index contributed by atoms with van der Waals surface area (Å²) in [7, 11) is 0. The minimum Gasteiger partial charge on any atom is -0.392 e. The van der Waals surface area contributed by atoms with Crippen molar-refractivity contribution in [3.8, 4) is 0 Å². The van der Waals surface area contributed by atoms with E-state index in [2.05, 4.69) is 15.5 Å². The van der Waals surface area contributed by atoms with Crippen LogP contribution in [-0.2, 0) is 4.79 Å². The van der Waals surface area contributed by atoms with Crippen molar-refractivity contribution in [2.24, 2.45) is 5.92 Å². The fraction of sp³-hybridized carbons (Fsp3) is 0.917. The molecule has 0 aromatic rings. The summed E-state index contributed by atoms with van der Waals surface area (Å²) < 4.78 is 0. The number of nitrogens with zero attached hydrogens (tertiary/aromatic N) is 1. The zero-order chi connectivity index (χ0) is 11.8. The van der Waals surface area contributed by atoms with Gasteiger partial charge in [0, 0.05) is 19.1 Å². The summed E-state index contributed by atoms with van der Waals surface area (Å²) in [6.45, 7) is 3.93. The molecule has 96 valence electrons. The molecule has 17 heavy (non-hydrogen) atoms. The van der Waals surface area contributed by atoms with Gasteiger partial charge in [0.1, 0.15) is 0 Å². The van der Waals surface area contributed by atoms with Crippen molar-refractivity contribution in [2.45, 2.75) is 37.5 Å². The molecule has 3 atom stereocenters. The van der Waals surface area contributed by atoms with Crippen molar-refractivity contribution in [3.05, 3.63) is 0 Å². The highest BCUT2D eigenvalue weighted by molar-refractivity contribution is 5.82. The molecule has 4 aliphatic heterocycles. The number of fused-ring (bicyclic) bond motifs is 3. The number of β-amino-alcohol motifs (C(OH)–C–C–N with tert-alkyl or cyclic N) is 1. The molecule has 0 spiro atoms. The van der Waals surface area contributed by atoms with E-state index in [-0.39, 0.29) is 18.1 Å². The number of hydrogen-bond donors (Lipinski definition) is 3. The van der Waals surface area contributed by atoms with E-state index in [1.807, 2.05) is 0 Å². The van der Waals surface area contributed by atoms with Crippen LogP contribution < -0.4 is 10.6 Å². The minimum absolute atomic E-state index is 0.0697. The molecule has 3 N–H and O–H groups in total. The molecule has 0 saturated carbocycles. The SMILES string of the molecule is O=C(NC1CN2CCC1CC2)C1CC(O)CN1. The van der Waals surface area contributed by atoms with E-state index in [9.17, 15) is 9.90 Å². The van der Waals surface area contributed by atoms with Crippen LogP contribution in [0, 0.1) is 5.92 Å². The summed E-state index contributed by atoms with van der Waals surface area (Å²) in [4.78, 5) is 14.5. The number of aliphatic hydroxyl groups excluding tert-OH is 1. The van der Waals surface area contributed by atoms with Crippen LogP contribution >= 0.6 is 0 Å². The van der Waals surface area contributed by atoms with Gasteiger partial charge in [-0.05, 0) is 38.3 Å². The minimum atomic E-state index is -0.364. The first-order valence-electron chi connectivity index (χ1n) is 6.66. The molecular weight excluding hydrogens is 218 g/mol. The second kappa shape index (κ2) is 4.55. The molecule has 0 aromatic heterocycles. The lowest BCUT2D eigenvalue weighted by Crippen LogP contribution is -2.59. The van der Waals surface area contributed by atoms with Crippen molar-refractivity contribution >= 4 is 5.91 Å². The monoisotopic (exact) mass is 239 g/mol. The Morgan fingerprint density at radius 1 is 1.35 bits per heavy atom. The Bertz CT molecular complexity index is 302. The van der Waals surface area contributed by atoms with Crippen LogP contribution in [0.25, 0.3) is 0 Å². The van der Waals surface area contributed by atoms with Crippen LogP contribution in [-0.4, -0.2) is 60.3 Å². The summed E-state index contributed by atoms with van der Waals surface area (Å²) in [5.74, 6) is 0.732. The summed E-state index contributed by atoms with van der Waals surface area (Å²) in [5.41, 5.74) is 0. The van der Waals surface area contributed by atoms with Gasteiger partial charge in [0.25, 0.3) is 0 Å². The molecule has 4 saturated heterocycles. The first kappa shape index (κ1) is 11.4. The molecule has 0 aromatic carbocycles. The average Bonchev–Trinajstić information content (AvgIpc) is 2.77. The first-order chi connectivity index (χ1) is 8.22. The van der Waals surface area contributed by atoms with Crippen LogP contribution in [0.5, 0.6) is 0 Å². The summed E-state index contributed by atoms with van der Waals surface area (Å²) >= 11 is 0. The van der Waals surface area contributed by atoms with E-state index in [1.165, 1.54) is 25.9 Å². The third kappa shape index (κ3) is 2.32. The van der Waals surface area contributed by atoms with Crippen molar-refractivity contribution in [1.82, 2.24) is 15.5 Å². The highest BCUT2D eigenvalue weighted by Crippen LogP contribution is 2.27. The molecule has 5 heteroatoms. The number of carbonyl (C=O) groups is 1. The fourth-order valence-electron chi connectivity index (χ4n) is 3.33. The van der Waals surface area contributed by atoms with Crippen LogP contribution in [0.1, 0.15) is 19.3 Å². The predicted molar refractivity (Wildman–Crippen MR) is 63.5 cm³/mol. The maximum absolute atomic E-state index is 12.0. The molecule has 5 nitrogen and oxygen atoms in total. The maximum Gasteiger partial charge on any atom is 0.237 e. The quantitative estimate of drug-likeness (QED) is 0.573. The number of nitrogens with one attached hydrogen (secondary N) is 2. The lowest BCUT2D eigenvalue weighted by Gasteiger charge is -2.45. The molecule has 4 fully saturated rings. The van der Waals surface area contributed by atoms with Gasteiger partial charge in [-0.3, -0.25) is 4.79 Å². The Morgan fingerprint density at radius 3 is 2.65 bits per heavy atom. The average molecular weight is 239 g/mol. The lowest BCUT2D eigenvalue weighted by atomic mass is 9.84. The Kier molecular flexibility index (Phi) is 3.06. The fourth-order valence-corrected chi connectivity index (χ4v) is 3.33. The number of carbonyl (C=O) groups excluding carboxylic acids is 1. The molecule has 4 rings (SSSR count). The molecule has 1 amide bonds. The second-order valence-corrected chi connectivity index (χ2v) is 5.60. The van der Waals surface area contributed by atoms with E-state index in [0.29, 0.717) is 24.9 Å². The molecule has 2 bridgehead atoms. The second-order valence-electron chi connectivity index (χ2n) is 5.60. The highest BCUT2D eigenvalue weighted by Gasteiger charge is 2.37. The Labute approximate surface area is 102 Å². The van der Waals surface area contributed by atoms with Crippen molar-refractivity contribution in [2.75, 3.05) is 26.2 Å². The normalized spacial score (nSPS) is 44.9. The molecule has 4 heterocycles. The van der Waals surface area contributed by atoms with E-state index in [4.69, 9.17) is 0 Å². The largest absolute Gasteiger partial charge is 0.392 e. The van der Waals surface area contributed by atoms with Gasteiger partial charge in [-0.1, -0.05) is 0 Å². The third-order valence-corrected chi connectivity index (χ3v) is 4.41. The molecule has 3 unspecified atom stereocenters. The molecular formula is C12H21N3O2. The van der Waals surface area contributed by atoms with Crippen LogP contribution in [0.4, 0.5) is 0 Å². The summed E-state index contributed by atoms with van der Waals surface area (Å²) in [6.07, 6.45) is 2.61. The van der Waals surface area contributed by atoms with E-state index in [1.54, 1.807) is 0 Å². The maximum atomic E-state index is 12.0.